The number of hydrogen-bond acceptors (Lipinski definition) is 6. The summed E-state index contributed by atoms with van der Waals surface area (Å²) in [5, 5.41) is 0. The van der Waals surface area contributed by atoms with Gasteiger partial charge in [0, 0.05) is 13.0 Å². The summed E-state index contributed by atoms with van der Waals surface area (Å²) >= 11 is 0. The first kappa shape index (κ1) is 25.9. The highest BCUT2D eigenvalue weighted by Gasteiger charge is 2.31. The van der Waals surface area contributed by atoms with Gasteiger partial charge >= 0.3 is 6.36 Å². The van der Waals surface area contributed by atoms with Gasteiger partial charge in [0.15, 0.2) is 6.10 Å². The van der Waals surface area contributed by atoms with Crippen LogP contribution in [0.25, 0.3) is 0 Å². The van der Waals surface area contributed by atoms with Gasteiger partial charge in [-0.1, -0.05) is 0 Å². The average molecular weight is 493 g/mol. The number of carbonyl (C=O) groups is 2. The second-order valence-electron chi connectivity index (χ2n) is 6.42. The van der Waals surface area contributed by atoms with Crippen LogP contribution in [0, 0.1) is 5.82 Å². The summed E-state index contributed by atoms with van der Waals surface area (Å²) in [6.07, 6.45) is -6.30. The Labute approximate surface area is 186 Å². The molecule has 0 saturated carbocycles. The van der Waals surface area contributed by atoms with Crippen LogP contribution >= 0.6 is 0 Å². The van der Waals surface area contributed by atoms with Gasteiger partial charge in [0.2, 0.25) is 15.9 Å². The normalized spacial score (nSPS) is 12.5. The quantitative estimate of drug-likeness (QED) is 0.363. The summed E-state index contributed by atoms with van der Waals surface area (Å²) in [5.41, 5.74) is 4.17. The highest BCUT2D eigenvalue weighted by molar-refractivity contribution is 7.89. The van der Waals surface area contributed by atoms with Gasteiger partial charge < -0.3 is 9.47 Å². The molecule has 0 spiro atoms. The Hall–Kier alpha value is -3.39. The number of hydrogen-bond donors (Lipinski definition) is 3. The van der Waals surface area contributed by atoms with Crippen molar-refractivity contribution >= 4 is 21.8 Å². The Morgan fingerprint density at radius 1 is 0.970 bits per heavy atom. The first-order valence-electron chi connectivity index (χ1n) is 9.22. The Balaban J connectivity index is 1.75. The maximum absolute atomic E-state index is 12.9. The number of benzene rings is 2. The lowest BCUT2D eigenvalue weighted by atomic mass is 10.3. The Bertz CT molecular complexity index is 1060. The van der Waals surface area contributed by atoms with Crippen LogP contribution < -0.4 is 25.0 Å². The van der Waals surface area contributed by atoms with Crippen LogP contribution in [-0.2, 0) is 19.6 Å². The molecule has 3 N–H and O–H groups in total. The van der Waals surface area contributed by atoms with Gasteiger partial charge in [-0.05, 0) is 55.5 Å². The van der Waals surface area contributed by atoms with E-state index in [1.807, 2.05) is 0 Å². The van der Waals surface area contributed by atoms with Gasteiger partial charge in [0.05, 0.1) is 4.90 Å². The summed E-state index contributed by atoms with van der Waals surface area (Å²) in [7, 11) is -4.10. The number of hydrazine groups is 1. The zero-order valence-corrected chi connectivity index (χ0v) is 17.8. The van der Waals surface area contributed by atoms with Crippen molar-refractivity contribution in [2.45, 2.75) is 30.7 Å². The van der Waals surface area contributed by atoms with Crippen LogP contribution in [0.15, 0.2) is 53.4 Å². The third-order valence-corrected chi connectivity index (χ3v) is 5.31. The maximum Gasteiger partial charge on any atom is 0.573 e. The summed E-state index contributed by atoms with van der Waals surface area (Å²) < 4.78 is 84.6. The number of amides is 2. The molecule has 2 amide bonds. The number of ether oxygens (including phenoxy) is 2. The van der Waals surface area contributed by atoms with Gasteiger partial charge in [-0.15, -0.1) is 13.2 Å². The van der Waals surface area contributed by atoms with Gasteiger partial charge in [-0.2, -0.15) is 0 Å². The lowest BCUT2D eigenvalue weighted by Gasteiger charge is -2.15. The van der Waals surface area contributed by atoms with Crippen molar-refractivity contribution in [1.82, 2.24) is 15.6 Å². The van der Waals surface area contributed by atoms with Gasteiger partial charge in [0.25, 0.3) is 5.91 Å². The first-order chi connectivity index (χ1) is 15.4. The summed E-state index contributed by atoms with van der Waals surface area (Å²) in [6.45, 7) is 1.04. The van der Waals surface area contributed by atoms with E-state index in [0.717, 1.165) is 36.4 Å². The molecule has 2 aromatic rings. The molecule has 0 aliphatic rings. The third kappa shape index (κ3) is 8.94. The fourth-order valence-corrected chi connectivity index (χ4v) is 3.30. The first-order valence-corrected chi connectivity index (χ1v) is 10.7. The lowest BCUT2D eigenvalue weighted by molar-refractivity contribution is -0.274. The van der Waals surface area contributed by atoms with Crippen LogP contribution in [0.1, 0.15) is 13.3 Å². The fourth-order valence-electron chi connectivity index (χ4n) is 2.27. The molecule has 0 bridgehead atoms. The predicted octanol–water partition coefficient (Wildman–Crippen LogP) is 2.01. The number of nitrogens with one attached hydrogen (secondary N) is 3. The molecule has 33 heavy (non-hydrogen) atoms. The minimum absolute atomic E-state index is 0.234. The molecule has 0 radical (unpaired) electrons. The third-order valence-electron chi connectivity index (χ3n) is 3.83. The monoisotopic (exact) mass is 493 g/mol. The number of halogens is 4. The van der Waals surface area contributed by atoms with Crippen LogP contribution in [0.4, 0.5) is 17.6 Å². The van der Waals surface area contributed by atoms with Gasteiger partial charge in [-0.3, -0.25) is 20.4 Å². The molecular weight excluding hydrogens is 474 g/mol. The molecule has 1 atom stereocenters. The molecule has 180 valence electrons. The van der Waals surface area contributed by atoms with E-state index >= 15 is 0 Å². The van der Waals surface area contributed by atoms with E-state index in [9.17, 15) is 35.6 Å². The molecule has 0 aliphatic heterocycles. The van der Waals surface area contributed by atoms with E-state index in [1.165, 1.54) is 19.1 Å². The number of carbonyl (C=O) groups excluding carboxylic acids is 2. The van der Waals surface area contributed by atoms with Crippen molar-refractivity contribution in [3.8, 4) is 11.5 Å². The Morgan fingerprint density at radius 3 is 2.12 bits per heavy atom. The largest absolute Gasteiger partial charge is 0.573 e. The van der Waals surface area contributed by atoms with Crippen molar-refractivity contribution in [3.63, 3.8) is 0 Å². The highest BCUT2D eigenvalue weighted by atomic mass is 32.2. The Morgan fingerprint density at radius 2 is 1.55 bits per heavy atom. The Kier molecular flexibility index (Phi) is 8.59. The lowest BCUT2D eigenvalue weighted by Crippen LogP contribution is -2.47. The van der Waals surface area contributed by atoms with Crippen molar-refractivity contribution in [1.29, 1.82) is 0 Å². The zero-order chi connectivity index (χ0) is 24.6. The molecule has 0 heterocycles. The van der Waals surface area contributed by atoms with E-state index in [2.05, 4.69) is 20.3 Å². The summed E-state index contributed by atoms with van der Waals surface area (Å²) in [6, 6.07) is 8.42. The molecule has 2 aromatic carbocycles. The van der Waals surface area contributed by atoms with E-state index in [1.54, 1.807) is 0 Å². The van der Waals surface area contributed by atoms with Crippen LogP contribution in [0.5, 0.6) is 11.5 Å². The number of sulfonamides is 1. The van der Waals surface area contributed by atoms with Crippen LogP contribution in [0.2, 0.25) is 0 Å². The number of rotatable bonds is 9. The standard InChI is InChI=1S/C19H19F4N3O6S/c1-12(31-14-4-2-13(20)3-5-14)18(28)26-25-17(27)10-11-24-33(29,30)16-8-6-15(7-9-16)32-19(21,22)23/h2-9,12,24H,10-11H2,1H3,(H,25,27)(H,26,28). The van der Waals surface area contributed by atoms with Crippen molar-refractivity contribution in [2.75, 3.05) is 6.54 Å². The molecule has 14 heteroatoms. The van der Waals surface area contributed by atoms with Crippen molar-refractivity contribution in [3.05, 3.63) is 54.3 Å². The van der Waals surface area contributed by atoms with Gasteiger partial charge in [0.1, 0.15) is 17.3 Å². The smallest absolute Gasteiger partial charge is 0.481 e. The van der Waals surface area contributed by atoms with E-state index in [4.69, 9.17) is 4.74 Å². The van der Waals surface area contributed by atoms with Crippen LogP contribution in [0.3, 0.4) is 0 Å². The molecule has 0 aromatic heterocycles. The molecule has 9 nitrogen and oxygen atoms in total. The maximum atomic E-state index is 12.9. The topological polar surface area (TPSA) is 123 Å². The van der Waals surface area contributed by atoms with E-state index in [0.29, 0.717) is 0 Å². The van der Waals surface area contributed by atoms with Crippen molar-refractivity contribution < 1.29 is 45.0 Å². The SMILES string of the molecule is CC(Oc1ccc(F)cc1)C(=O)NNC(=O)CCNS(=O)(=O)c1ccc(OC(F)(F)F)cc1. The minimum Gasteiger partial charge on any atom is -0.481 e. The molecule has 0 fully saturated rings. The van der Waals surface area contributed by atoms with Crippen LogP contribution in [-0.4, -0.2) is 39.2 Å². The zero-order valence-electron chi connectivity index (χ0n) is 17.0. The summed E-state index contributed by atoms with van der Waals surface area (Å²) in [5.74, 6) is -2.27. The molecular formula is C19H19F4N3O6S. The van der Waals surface area contributed by atoms with E-state index in [-0.39, 0.29) is 23.6 Å². The van der Waals surface area contributed by atoms with E-state index < -0.39 is 45.9 Å². The van der Waals surface area contributed by atoms with Crippen molar-refractivity contribution in [2.24, 2.45) is 0 Å². The molecule has 1 unspecified atom stereocenters. The average Bonchev–Trinajstić information content (AvgIpc) is 2.72. The molecule has 0 aliphatic carbocycles. The number of alkyl halides is 3. The molecule has 2 rings (SSSR count). The molecule has 0 saturated heterocycles. The fraction of sp³-hybridized carbons (Fsp3) is 0.263. The second-order valence-corrected chi connectivity index (χ2v) is 8.19. The second kappa shape index (κ2) is 11.0. The highest BCUT2D eigenvalue weighted by Crippen LogP contribution is 2.23. The minimum atomic E-state index is -4.91. The van der Waals surface area contributed by atoms with Gasteiger partial charge in [-0.25, -0.2) is 17.5 Å². The summed E-state index contributed by atoms with van der Waals surface area (Å²) in [4.78, 5) is 23.4. The predicted molar refractivity (Wildman–Crippen MR) is 106 cm³/mol.